The minimum absolute atomic E-state index is 0.193. The van der Waals surface area contributed by atoms with Gasteiger partial charge in [0, 0.05) is 11.7 Å². The van der Waals surface area contributed by atoms with E-state index in [1.54, 1.807) is 56.6 Å². The van der Waals surface area contributed by atoms with Crippen molar-refractivity contribution < 1.29 is 19.1 Å². The van der Waals surface area contributed by atoms with Crippen LogP contribution >= 0.6 is 11.3 Å². The first-order chi connectivity index (χ1) is 11.3. The largest absolute Gasteiger partial charge is 0.439 e. The number of hydrogen-bond acceptors (Lipinski definition) is 5. The van der Waals surface area contributed by atoms with Crippen LogP contribution in [-0.4, -0.2) is 34.6 Å². The first kappa shape index (κ1) is 17.7. The van der Waals surface area contributed by atoms with Crippen molar-refractivity contribution in [1.29, 1.82) is 0 Å². The first-order valence-electron chi connectivity index (χ1n) is 7.26. The average Bonchev–Trinajstić information content (AvgIpc) is 3.14. The number of nitrogens with one attached hydrogen (secondary N) is 2. The van der Waals surface area contributed by atoms with Crippen LogP contribution in [0.2, 0.25) is 0 Å². The van der Waals surface area contributed by atoms with E-state index >= 15 is 0 Å². The lowest BCUT2D eigenvalue weighted by atomic mass is 10.1. The minimum atomic E-state index is -0.681. The van der Waals surface area contributed by atoms with Crippen LogP contribution in [0.4, 0.5) is 4.79 Å². The highest BCUT2D eigenvalue weighted by atomic mass is 32.1. The standard InChI is InChI=1S/C16H19N3O4S/c1-16(2,3)17-15(22)23-10-13(20)18-19-8-4-6-11(19)14(21)12-7-5-9-24-12/h4-9H,10H2,1-3H3,(H,17,22)(H,18,20). The lowest BCUT2D eigenvalue weighted by molar-refractivity contribution is -0.119. The first-order valence-corrected chi connectivity index (χ1v) is 8.14. The van der Waals surface area contributed by atoms with Crippen LogP contribution in [0.5, 0.6) is 0 Å². The zero-order valence-corrected chi connectivity index (χ0v) is 14.5. The van der Waals surface area contributed by atoms with Crippen molar-refractivity contribution in [1.82, 2.24) is 9.99 Å². The van der Waals surface area contributed by atoms with Crippen molar-refractivity contribution >= 4 is 29.1 Å². The topological polar surface area (TPSA) is 89.4 Å². The van der Waals surface area contributed by atoms with E-state index in [0.29, 0.717) is 10.6 Å². The van der Waals surface area contributed by atoms with Crippen LogP contribution in [0.25, 0.3) is 0 Å². The van der Waals surface area contributed by atoms with Gasteiger partial charge in [-0.25, -0.2) is 4.79 Å². The summed E-state index contributed by atoms with van der Waals surface area (Å²) < 4.78 is 6.16. The fourth-order valence-electron chi connectivity index (χ4n) is 1.84. The summed E-state index contributed by atoms with van der Waals surface area (Å²) in [5.41, 5.74) is 2.38. The molecule has 2 aromatic heterocycles. The second-order valence-corrected chi connectivity index (χ2v) is 7.00. The molecule has 0 radical (unpaired) electrons. The Bertz CT molecular complexity index is 729. The quantitative estimate of drug-likeness (QED) is 0.811. The molecule has 0 aromatic carbocycles. The van der Waals surface area contributed by atoms with E-state index < -0.39 is 24.1 Å². The molecule has 0 bridgehead atoms. The molecular formula is C16H19N3O4S. The van der Waals surface area contributed by atoms with Gasteiger partial charge in [0.1, 0.15) is 5.69 Å². The number of ketones is 1. The number of carbonyl (C=O) groups is 3. The van der Waals surface area contributed by atoms with Gasteiger partial charge in [-0.1, -0.05) is 6.07 Å². The molecule has 2 N–H and O–H groups in total. The normalized spacial score (nSPS) is 11.0. The summed E-state index contributed by atoms with van der Waals surface area (Å²) in [5.74, 6) is -0.739. The highest BCUT2D eigenvalue weighted by Gasteiger charge is 2.18. The van der Waals surface area contributed by atoms with E-state index in [9.17, 15) is 14.4 Å². The second kappa shape index (κ2) is 7.31. The Morgan fingerprint density at radius 2 is 1.96 bits per heavy atom. The van der Waals surface area contributed by atoms with Crippen molar-refractivity contribution in [3.8, 4) is 0 Å². The smallest absolute Gasteiger partial charge is 0.408 e. The summed E-state index contributed by atoms with van der Waals surface area (Å²) in [7, 11) is 0. The molecule has 0 saturated carbocycles. The molecular weight excluding hydrogens is 330 g/mol. The van der Waals surface area contributed by atoms with Crippen LogP contribution in [0.3, 0.4) is 0 Å². The fourth-order valence-corrected chi connectivity index (χ4v) is 2.51. The highest BCUT2D eigenvalue weighted by molar-refractivity contribution is 7.12. The Morgan fingerprint density at radius 3 is 2.58 bits per heavy atom. The zero-order chi connectivity index (χ0) is 17.7. The van der Waals surface area contributed by atoms with Gasteiger partial charge in [0.15, 0.2) is 6.61 Å². The number of rotatable bonds is 5. The van der Waals surface area contributed by atoms with Crippen molar-refractivity contribution in [3.63, 3.8) is 0 Å². The summed E-state index contributed by atoms with van der Waals surface area (Å²) in [6, 6.07) is 6.75. The van der Waals surface area contributed by atoms with Gasteiger partial charge in [-0.3, -0.25) is 19.7 Å². The molecule has 0 aliphatic rings. The third-order valence-corrected chi connectivity index (χ3v) is 3.65. The maximum atomic E-state index is 12.3. The van der Waals surface area contributed by atoms with Crippen LogP contribution in [0.1, 0.15) is 36.1 Å². The Hall–Kier alpha value is -2.61. The number of hydrogen-bond donors (Lipinski definition) is 2. The maximum absolute atomic E-state index is 12.3. The highest BCUT2D eigenvalue weighted by Crippen LogP contribution is 2.15. The van der Waals surface area contributed by atoms with E-state index in [0.717, 1.165) is 0 Å². The molecule has 8 heteroatoms. The van der Waals surface area contributed by atoms with Gasteiger partial charge < -0.3 is 10.1 Å². The third kappa shape index (κ3) is 4.95. The second-order valence-electron chi connectivity index (χ2n) is 6.06. The molecule has 2 heterocycles. The van der Waals surface area contributed by atoms with E-state index in [4.69, 9.17) is 4.74 Å². The molecule has 0 atom stereocenters. The fraction of sp³-hybridized carbons (Fsp3) is 0.312. The summed E-state index contributed by atoms with van der Waals surface area (Å²) in [6.45, 7) is 4.95. The molecule has 24 heavy (non-hydrogen) atoms. The third-order valence-electron chi connectivity index (χ3n) is 2.78. The lowest BCUT2D eigenvalue weighted by Crippen LogP contribution is -2.42. The molecule has 0 aliphatic heterocycles. The number of thiophene rings is 1. The number of ether oxygens (including phenoxy) is 1. The molecule has 0 fully saturated rings. The molecule has 0 spiro atoms. The van der Waals surface area contributed by atoms with E-state index in [1.165, 1.54) is 16.0 Å². The van der Waals surface area contributed by atoms with Crippen LogP contribution in [-0.2, 0) is 9.53 Å². The lowest BCUT2D eigenvalue weighted by Gasteiger charge is -2.19. The molecule has 2 amide bonds. The monoisotopic (exact) mass is 349 g/mol. The predicted molar refractivity (Wildman–Crippen MR) is 90.8 cm³/mol. The van der Waals surface area contributed by atoms with Crippen molar-refractivity contribution in [2.45, 2.75) is 26.3 Å². The molecule has 7 nitrogen and oxygen atoms in total. The molecule has 2 rings (SSSR count). The van der Waals surface area contributed by atoms with Crippen molar-refractivity contribution in [3.05, 3.63) is 46.4 Å². The summed E-state index contributed by atoms with van der Waals surface area (Å²) in [4.78, 5) is 36.3. The number of alkyl carbamates (subject to hydrolysis) is 1. The van der Waals surface area contributed by atoms with Gasteiger partial charge >= 0.3 is 6.09 Å². The van der Waals surface area contributed by atoms with E-state index in [1.807, 2.05) is 0 Å². The van der Waals surface area contributed by atoms with E-state index in [2.05, 4.69) is 10.7 Å². The average molecular weight is 349 g/mol. The Balaban J connectivity index is 1.93. The van der Waals surface area contributed by atoms with Crippen molar-refractivity contribution in [2.75, 3.05) is 12.0 Å². The molecule has 2 aromatic rings. The summed E-state index contributed by atoms with van der Waals surface area (Å²) in [5, 5.41) is 4.39. The molecule has 0 aliphatic carbocycles. The zero-order valence-electron chi connectivity index (χ0n) is 13.7. The van der Waals surface area contributed by atoms with Gasteiger partial charge in [0.2, 0.25) is 5.78 Å². The molecule has 128 valence electrons. The van der Waals surface area contributed by atoms with Gasteiger partial charge in [0.05, 0.1) is 4.88 Å². The van der Waals surface area contributed by atoms with Crippen LogP contribution in [0.15, 0.2) is 35.8 Å². The Morgan fingerprint density at radius 1 is 1.21 bits per heavy atom. The number of aromatic nitrogens is 1. The summed E-state index contributed by atoms with van der Waals surface area (Å²) >= 11 is 1.32. The Labute approximate surface area is 143 Å². The maximum Gasteiger partial charge on any atom is 0.408 e. The summed E-state index contributed by atoms with van der Waals surface area (Å²) in [6.07, 6.45) is 0.869. The van der Waals surface area contributed by atoms with Crippen LogP contribution < -0.4 is 10.7 Å². The molecule has 0 unspecified atom stereocenters. The van der Waals surface area contributed by atoms with Crippen molar-refractivity contribution in [2.24, 2.45) is 0 Å². The Kier molecular flexibility index (Phi) is 5.40. The van der Waals surface area contributed by atoms with Gasteiger partial charge in [-0.05, 0) is 44.4 Å². The van der Waals surface area contributed by atoms with Crippen LogP contribution in [0, 0.1) is 0 Å². The minimum Gasteiger partial charge on any atom is -0.439 e. The SMILES string of the molecule is CC(C)(C)NC(=O)OCC(=O)Nn1cccc1C(=O)c1cccs1. The van der Waals surface area contributed by atoms with Gasteiger partial charge in [0.25, 0.3) is 5.91 Å². The van der Waals surface area contributed by atoms with E-state index in [-0.39, 0.29) is 5.78 Å². The predicted octanol–water partition coefficient (Wildman–Crippen LogP) is 2.38. The van der Waals surface area contributed by atoms with Gasteiger partial charge in [-0.2, -0.15) is 0 Å². The number of carbonyl (C=O) groups excluding carboxylic acids is 3. The number of nitrogens with zero attached hydrogens (tertiary/aromatic N) is 1. The number of amides is 2. The van der Waals surface area contributed by atoms with Gasteiger partial charge in [-0.15, -0.1) is 11.3 Å². The molecule has 0 saturated heterocycles.